The fraction of sp³-hybridized carbons (Fsp3) is 0.235. The number of carbonyl (C=O) groups is 1. The summed E-state index contributed by atoms with van der Waals surface area (Å²) in [5.41, 5.74) is 3.40. The zero-order valence-corrected chi connectivity index (χ0v) is 11.5. The lowest BCUT2D eigenvalue weighted by Gasteiger charge is -2.29. The van der Waals surface area contributed by atoms with Gasteiger partial charge in [0.2, 0.25) is 5.91 Å². The van der Waals surface area contributed by atoms with Crippen LogP contribution in [0.2, 0.25) is 0 Å². The van der Waals surface area contributed by atoms with Gasteiger partial charge < -0.3 is 9.64 Å². The van der Waals surface area contributed by atoms with Crippen molar-refractivity contribution in [2.24, 2.45) is 0 Å². The van der Waals surface area contributed by atoms with Crippen LogP contribution in [0.25, 0.3) is 0 Å². The molecule has 0 unspecified atom stereocenters. The molecule has 0 fully saturated rings. The molecule has 1 aliphatic rings. The minimum Gasteiger partial charge on any atom is -0.497 e. The molecule has 102 valence electrons. The average Bonchev–Trinajstić information content (AvgIpc) is 2.51. The average molecular weight is 267 g/mol. The summed E-state index contributed by atoms with van der Waals surface area (Å²) in [5, 5.41) is 0. The van der Waals surface area contributed by atoms with Gasteiger partial charge >= 0.3 is 0 Å². The quantitative estimate of drug-likeness (QED) is 0.854. The second-order valence-corrected chi connectivity index (χ2v) is 4.96. The van der Waals surface area contributed by atoms with Gasteiger partial charge in [-0.1, -0.05) is 30.3 Å². The van der Waals surface area contributed by atoms with E-state index in [1.54, 1.807) is 7.11 Å². The molecule has 0 spiro atoms. The molecular formula is C17H17NO2. The van der Waals surface area contributed by atoms with Gasteiger partial charge in [-0.05, 0) is 35.7 Å². The van der Waals surface area contributed by atoms with E-state index >= 15 is 0 Å². The number of hydrogen-bond donors (Lipinski definition) is 0. The molecule has 20 heavy (non-hydrogen) atoms. The molecule has 1 heterocycles. The third-order valence-electron chi connectivity index (χ3n) is 3.69. The molecule has 2 aromatic carbocycles. The van der Waals surface area contributed by atoms with Gasteiger partial charge in [-0.2, -0.15) is 0 Å². The van der Waals surface area contributed by atoms with Crippen molar-refractivity contribution in [3.8, 4) is 5.75 Å². The second kappa shape index (κ2) is 5.37. The largest absolute Gasteiger partial charge is 0.497 e. The summed E-state index contributed by atoms with van der Waals surface area (Å²) in [6, 6.07) is 16.0. The first kappa shape index (κ1) is 12.7. The summed E-state index contributed by atoms with van der Waals surface area (Å²) in [7, 11) is 1.65. The minimum atomic E-state index is 0.194. The number of methoxy groups -OCH3 is 1. The van der Waals surface area contributed by atoms with Crippen molar-refractivity contribution in [3.05, 3.63) is 59.7 Å². The molecule has 1 amide bonds. The van der Waals surface area contributed by atoms with Crippen molar-refractivity contribution < 1.29 is 9.53 Å². The third kappa shape index (κ3) is 2.39. The Morgan fingerprint density at radius 2 is 1.80 bits per heavy atom. The third-order valence-corrected chi connectivity index (χ3v) is 3.69. The van der Waals surface area contributed by atoms with Crippen molar-refractivity contribution >= 4 is 11.6 Å². The van der Waals surface area contributed by atoms with Gasteiger partial charge in [0, 0.05) is 12.1 Å². The number of fused-ring (bicyclic) bond motifs is 1. The first-order valence-corrected chi connectivity index (χ1v) is 6.79. The van der Waals surface area contributed by atoms with Crippen LogP contribution in [0.3, 0.4) is 0 Å². The number of para-hydroxylation sites is 1. The highest BCUT2D eigenvalue weighted by Gasteiger charge is 2.23. The lowest BCUT2D eigenvalue weighted by atomic mass is 10.0. The Kier molecular flexibility index (Phi) is 3.42. The van der Waals surface area contributed by atoms with Gasteiger partial charge in [-0.3, -0.25) is 4.79 Å². The minimum absolute atomic E-state index is 0.194. The van der Waals surface area contributed by atoms with Crippen molar-refractivity contribution in [2.45, 2.75) is 19.4 Å². The molecule has 0 atom stereocenters. The van der Waals surface area contributed by atoms with Crippen LogP contribution in [0.4, 0.5) is 5.69 Å². The van der Waals surface area contributed by atoms with Gasteiger partial charge in [0.25, 0.3) is 0 Å². The molecule has 0 radical (unpaired) electrons. The maximum absolute atomic E-state index is 12.2. The molecule has 3 nitrogen and oxygen atoms in total. The maximum Gasteiger partial charge on any atom is 0.227 e. The smallest absolute Gasteiger partial charge is 0.227 e. The number of carbonyl (C=O) groups excluding carboxylic acids is 1. The molecule has 2 aromatic rings. The highest BCUT2D eigenvalue weighted by molar-refractivity contribution is 5.96. The Morgan fingerprint density at radius 1 is 1.05 bits per heavy atom. The Morgan fingerprint density at radius 3 is 2.55 bits per heavy atom. The van der Waals surface area contributed by atoms with Gasteiger partial charge in [0.1, 0.15) is 5.75 Å². The highest BCUT2D eigenvalue weighted by Crippen LogP contribution is 2.29. The SMILES string of the molecule is COc1ccc(CN2C(=O)CCc3ccccc32)cc1. The summed E-state index contributed by atoms with van der Waals surface area (Å²) in [6.45, 7) is 0.611. The van der Waals surface area contributed by atoms with Crippen LogP contribution >= 0.6 is 0 Å². The van der Waals surface area contributed by atoms with Crippen LogP contribution in [-0.2, 0) is 17.8 Å². The van der Waals surface area contributed by atoms with Gasteiger partial charge in [0.15, 0.2) is 0 Å². The Balaban J connectivity index is 1.87. The van der Waals surface area contributed by atoms with Gasteiger partial charge in [0.05, 0.1) is 13.7 Å². The Hall–Kier alpha value is -2.29. The molecule has 0 saturated heterocycles. The van der Waals surface area contributed by atoms with Crippen LogP contribution < -0.4 is 9.64 Å². The standard InChI is InChI=1S/C17H17NO2/c1-20-15-9-6-13(7-10-15)12-18-16-5-3-2-4-14(16)8-11-17(18)19/h2-7,9-10H,8,11-12H2,1H3. The van der Waals surface area contributed by atoms with E-state index in [2.05, 4.69) is 6.07 Å². The number of benzene rings is 2. The molecule has 0 bridgehead atoms. The van der Waals surface area contributed by atoms with E-state index in [0.717, 1.165) is 23.4 Å². The summed E-state index contributed by atoms with van der Waals surface area (Å²) in [4.78, 5) is 14.1. The number of rotatable bonds is 3. The zero-order valence-electron chi connectivity index (χ0n) is 11.5. The summed E-state index contributed by atoms with van der Waals surface area (Å²) in [6.07, 6.45) is 1.43. The van der Waals surface area contributed by atoms with Crippen LogP contribution in [0.5, 0.6) is 5.75 Å². The molecule has 3 heteroatoms. The predicted molar refractivity (Wildman–Crippen MR) is 78.9 cm³/mol. The number of amides is 1. The topological polar surface area (TPSA) is 29.5 Å². The van der Waals surface area contributed by atoms with Crippen LogP contribution in [0.1, 0.15) is 17.5 Å². The van der Waals surface area contributed by atoms with E-state index in [0.29, 0.717) is 13.0 Å². The number of aryl methyl sites for hydroxylation is 1. The molecule has 1 aliphatic heterocycles. The Labute approximate surface area is 118 Å². The fourth-order valence-electron chi connectivity index (χ4n) is 2.58. The van der Waals surface area contributed by atoms with Gasteiger partial charge in [-0.25, -0.2) is 0 Å². The van der Waals surface area contributed by atoms with Crippen molar-refractivity contribution in [2.75, 3.05) is 12.0 Å². The number of hydrogen-bond acceptors (Lipinski definition) is 2. The highest BCUT2D eigenvalue weighted by atomic mass is 16.5. The molecule has 0 N–H and O–H groups in total. The van der Waals surface area contributed by atoms with Crippen LogP contribution in [0, 0.1) is 0 Å². The van der Waals surface area contributed by atoms with Crippen molar-refractivity contribution in [1.29, 1.82) is 0 Å². The number of anilines is 1. The number of nitrogens with zero attached hydrogens (tertiary/aromatic N) is 1. The summed E-state index contributed by atoms with van der Waals surface area (Å²) < 4.78 is 5.16. The molecular weight excluding hydrogens is 250 g/mol. The summed E-state index contributed by atoms with van der Waals surface area (Å²) >= 11 is 0. The van der Waals surface area contributed by atoms with Crippen molar-refractivity contribution in [3.63, 3.8) is 0 Å². The van der Waals surface area contributed by atoms with Crippen LogP contribution in [-0.4, -0.2) is 13.0 Å². The molecule has 3 rings (SSSR count). The van der Waals surface area contributed by atoms with E-state index in [1.807, 2.05) is 47.4 Å². The normalized spacial score (nSPS) is 14.1. The fourth-order valence-corrected chi connectivity index (χ4v) is 2.58. The lowest BCUT2D eigenvalue weighted by molar-refractivity contribution is -0.119. The van der Waals surface area contributed by atoms with Gasteiger partial charge in [-0.15, -0.1) is 0 Å². The van der Waals surface area contributed by atoms with E-state index in [9.17, 15) is 4.79 Å². The first-order chi connectivity index (χ1) is 9.78. The van der Waals surface area contributed by atoms with Crippen LogP contribution in [0.15, 0.2) is 48.5 Å². The molecule has 0 saturated carbocycles. The van der Waals surface area contributed by atoms with E-state index in [-0.39, 0.29) is 5.91 Å². The zero-order chi connectivity index (χ0) is 13.9. The maximum atomic E-state index is 12.2. The predicted octanol–water partition coefficient (Wildman–Crippen LogP) is 3.17. The Bertz CT molecular complexity index is 619. The lowest BCUT2D eigenvalue weighted by Crippen LogP contribution is -2.34. The summed E-state index contributed by atoms with van der Waals surface area (Å²) in [5.74, 6) is 1.03. The first-order valence-electron chi connectivity index (χ1n) is 6.79. The number of ether oxygens (including phenoxy) is 1. The van der Waals surface area contributed by atoms with E-state index < -0.39 is 0 Å². The van der Waals surface area contributed by atoms with E-state index in [1.165, 1.54) is 5.56 Å². The van der Waals surface area contributed by atoms with Crippen molar-refractivity contribution in [1.82, 2.24) is 0 Å². The second-order valence-electron chi connectivity index (χ2n) is 4.96. The molecule has 0 aromatic heterocycles. The molecule has 0 aliphatic carbocycles. The monoisotopic (exact) mass is 267 g/mol. The van der Waals surface area contributed by atoms with E-state index in [4.69, 9.17) is 4.74 Å².